The number of nitrogens with zero attached hydrogens (tertiary/aromatic N) is 3. The van der Waals surface area contributed by atoms with Crippen molar-refractivity contribution in [3.63, 3.8) is 0 Å². The van der Waals surface area contributed by atoms with Gasteiger partial charge in [0.2, 0.25) is 0 Å². The van der Waals surface area contributed by atoms with Crippen LogP contribution in [-0.2, 0) is 11.8 Å². The number of benzene rings is 2. The number of carbonyl (C=O) groups excluding carboxylic acids is 2. The third-order valence-corrected chi connectivity index (χ3v) is 5.48. The van der Waals surface area contributed by atoms with Crippen LogP contribution in [0.15, 0.2) is 71.3 Å². The van der Waals surface area contributed by atoms with Crippen molar-refractivity contribution >= 4 is 17.6 Å². The quantitative estimate of drug-likeness (QED) is 0.642. The lowest BCUT2D eigenvalue weighted by molar-refractivity contribution is -0.113. The Morgan fingerprint density at radius 3 is 2.67 bits per heavy atom. The molecule has 9 heteroatoms. The van der Waals surface area contributed by atoms with Crippen molar-refractivity contribution in [1.82, 2.24) is 20.0 Å². The molecule has 0 saturated carbocycles. The van der Waals surface area contributed by atoms with Crippen LogP contribution in [0.1, 0.15) is 17.2 Å². The molecule has 1 aromatic heterocycles. The highest BCUT2D eigenvalue weighted by Crippen LogP contribution is 2.29. The molecule has 2 heterocycles. The van der Waals surface area contributed by atoms with E-state index < -0.39 is 23.8 Å². The Balaban J connectivity index is 1.69. The minimum atomic E-state index is -0.819. The number of amides is 3. The van der Waals surface area contributed by atoms with E-state index in [0.717, 1.165) is 5.56 Å². The monoisotopic (exact) mass is 447 g/mol. The van der Waals surface area contributed by atoms with Gasteiger partial charge in [0, 0.05) is 32.2 Å². The zero-order chi connectivity index (χ0) is 23.7. The normalized spacial score (nSPS) is 15.6. The molecule has 0 fully saturated rings. The van der Waals surface area contributed by atoms with E-state index in [-0.39, 0.29) is 11.1 Å². The van der Waals surface area contributed by atoms with Crippen LogP contribution >= 0.6 is 0 Å². The lowest BCUT2D eigenvalue weighted by atomic mass is 9.96. The summed E-state index contributed by atoms with van der Waals surface area (Å²) in [5.74, 6) is -0.929. The summed E-state index contributed by atoms with van der Waals surface area (Å²) in [7, 11) is 3.09. The molecule has 8 nitrogen and oxygen atoms in total. The first-order chi connectivity index (χ1) is 15.7. The van der Waals surface area contributed by atoms with E-state index in [1.807, 2.05) is 6.92 Å². The Morgan fingerprint density at radius 1 is 1.12 bits per heavy atom. The van der Waals surface area contributed by atoms with Crippen molar-refractivity contribution in [2.45, 2.75) is 13.0 Å². The average Bonchev–Trinajstić information content (AvgIpc) is 2.78. The molecule has 4 rings (SSSR count). The first kappa shape index (κ1) is 21.9. The summed E-state index contributed by atoms with van der Waals surface area (Å²) >= 11 is 0. The fraction of sp³-hybridized carbons (Fsp3) is 0.167. The molecule has 3 amide bonds. The fourth-order valence-electron chi connectivity index (χ4n) is 3.63. The molecule has 1 aliphatic rings. The van der Waals surface area contributed by atoms with E-state index >= 15 is 0 Å². The summed E-state index contributed by atoms with van der Waals surface area (Å²) in [4.78, 5) is 39.2. The maximum absolute atomic E-state index is 13.8. The van der Waals surface area contributed by atoms with E-state index in [1.165, 1.54) is 47.2 Å². The van der Waals surface area contributed by atoms with Gasteiger partial charge in [-0.25, -0.2) is 13.9 Å². The molecule has 2 aromatic carbocycles. The van der Waals surface area contributed by atoms with Crippen molar-refractivity contribution in [3.05, 3.63) is 93.8 Å². The average molecular weight is 447 g/mol. The summed E-state index contributed by atoms with van der Waals surface area (Å²) in [5.41, 5.74) is 2.80. The number of rotatable bonds is 4. The van der Waals surface area contributed by atoms with Gasteiger partial charge in [-0.2, -0.15) is 5.10 Å². The number of aromatic nitrogens is 2. The summed E-state index contributed by atoms with van der Waals surface area (Å²) in [6.07, 6.45) is 2.96. The second-order valence-electron chi connectivity index (χ2n) is 7.79. The molecule has 0 bridgehead atoms. The van der Waals surface area contributed by atoms with Crippen LogP contribution in [0.2, 0.25) is 0 Å². The van der Waals surface area contributed by atoms with Gasteiger partial charge in [0.05, 0.1) is 17.2 Å². The fourth-order valence-corrected chi connectivity index (χ4v) is 3.63. The number of hydrogen-bond donors (Lipinski definition) is 2. The molecule has 1 atom stereocenters. The molecule has 0 spiro atoms. The summed E-state index contributed by atoms with van der Waals surface area (Å²) < 4.78 is 15.1. The van der Waals surface area contributed by atoms with Crippen molar-refractivity contribution in [2.75, 3.05) is 12.4 Å². The maximum Gasteiger partial charge on any atom is 0.321 e. The van der Waals surface area contributed by atoms with Crippen LogP contribution in [0.3, 0.4) is 0 Å². The number of aryl methyl sites for hydroxylation is 2. The number of hydrogen-bond acceptors (Lipinski definition) is 4. The van der Waals surface area contributed by atoms with Gasteiger partial charge in [0.1, 0.15) is 5.82 Å². The van der Waals surface area contributed by atoms with Crippen LogP contribution < -0.4 is 16.2 Å². The first-order valence-corrected chi connectivity index (χ1v) is 10.2. The second kappa shape index (κ2) is 8.70. The molecule has 33 heavy (non-hydrogen) atoms. The summed E-state index contributed by atoms with van der Waals surface area (Å²) in [6.45, 7) is 1.83. The molecular formula is C24H22FN5O3. The molecule has 1 aliphatic heterocycles. The van der Waals surface area contributed by atoms with Crippen LogP contribution in [0.5, 0.6) is 0 Å². The first-order valence-electron chi connectivity index (χ1n) is 10.2. The highest BCUT2D eigenvalue weighted by atomic mass is 19.1. The standard InChI is InChI=1S/C24H22FN5O3/c1-14-7-8-15(18-9-10-26-30(3)23(18)32)12-20(14)27-22(31)19-13-29(2)24(33)28-21(19)16-5-4-6-17(25)11-16/h4-13,21H,1-3H3,(H,27,31)(H,28,33). The number of anilines is 1. The van der Waals surface area contributed by atoms with Crippen LogP contribution in [0.4, 0.5) is 14.9 Å². The Bertz CT molecular complexity index is 1350. The predicted molar refractivity (Wildman–Crippen MR) is 122 cm³/mol. The van der Waals surface area contributed by atoms with E-state index in [9.17, 15) is 18.8 Å². The van der Waals surface area contributed by atoms with Gasteiger partial charge in [-0.1, -0.05) is 24.3 Å². The Kier molecular flexibility index (Phi) is 5.78. The Labute approximate surface area is 189 Å². The Hall–Kier alpha value is -4.27. The van der Waals surface area contributed by atoms with E-state index in [1.54, 1.807) is 37.4 Å². The van der Waals surface area contributed by atoms with Crippen LogP contribution in [-0.4, -0.2) is 33.7 Å². The van der Waals surface area contributed by atoms with Gasteiger partial charge in [0.15, 0.2) is 0 Å². The van der Waals surface area contributed by atoms with Gasteiger partial charge in [0.25, 0.3) is 11.5 Å². The summed E-state index contributed by atoms with van der Waals surface area (Å²) in [6, 6.07) is 11.4. The molecular weight excluding hydrogens is 425 g/mol. The smallest absolute Gasteiger partial charge is 0.321 e. The lowest BCUT2D eigenvalue weighted by Gasteiger charge is -2.30. The van der Waals surface area contributed by atoms with E-state index in [4.69, 9.17) is 0 Å². The van der Waals surface area contributed by atoms with Crippen molar-refractivity contribution in [2.24, 2.45) is 7.05 Å². The minimum Gasteiger partial charge on any atom is -0.327 e. The third kappa shape index (κ3) is 4.38. The van der Waals surface area contributed by atoms with Gasteiger partial charge >= 0.3 is 6.03 Å². The van der Waals surface area contributed by atoms with Gasteiger partial charge in [-0.15, -0.1) is 0 Å². The number of halogens is 1. The second-order valence-corrected chi connectivity index (χ2v) is 7.79. The third-order valence-electron chi connectivity index (χ3n) is 5.48. The number of carbonyl (C=O) groups is 2. The molecule has 0 saturated heterocycles. The number of urea groups is 1. The molecule has 0 aliphatic carbocycles. The van der Waals surface area contributed by atoms with E-state index in [2.05, 4.69) is 15.7 Å². The number of nitrogens with one attached hydrogen (secondary N) is 2. The van der Waals surface area contributed by atoms with Gasteiger partial charge in [-0.05, 0) is 47.9 Å². The minimum absolute atomic E-state index is 0.243. The van der Waals surface area contributed by atoms with Crippen molar-refractivity contribution < 1.29 is 14.0 Å². The molecule has 1 unspecified atom stereocenters. The molecule has 168 valence electrons. The lowest BCUT2D eigenvalue weighted by Crippen LogP contribution is -2.44. The van der Waals surface area contributed by atoms with Gasteiger partial charge in [-0.3, -0.25) is 9.59 Å². The highest BCUT2D eigenvalue weighted by Gasteiger charge is 2.31. The largest absolute Gasteiger partial charge is 0.327 e. The van der Waals surface area contributed by atoms with Crippen molar-refractivity contribution in [1.29, 1.82) is 0 Å². The molecule has 0 radical (unpaired) electrons. The van der Waals surface area contributed by atoms with Crippen LogP contribution in [0, 0.1) is 12.7 Å². The topological polar surface area (TPSA) is 96.3 Å². The summed E-state index contributed by atoms with van der Waals surface area (Å²) in [5, 5.41) is 9.53. The van der Waals surface area contributed by atoms with Crippen molar-refractivity contribution in [3.8, 4) is 11.1 Å². The predicted octanol–water partition coefficient (Wildman–Crippen LogP) is 3.11. The SMILES string of the molecule is Cc1ccc(-c2ccnn(C)c2=O)cc1NC(=O)C1=CN(C)C(=O)NC1c1cccc(F)c1. The van der Waals surface area contributed by atoms with Gasteiger partial charge < -0.3 is 15.5 Å². The molecule has 2 N–H and O–H groups in total. The van der Waals surface area contributed by atoms with Crippen LogP contribution in [0.25, 0.3) is 11.1 Å². The maximum atomic E-state index is 13.8. The molecule has 3 aromatic rings. The zero-order valence-corrected chi connectivity index (χ0v) is 18.3. The highest BCUT2D eigenvalue weighted by molar-refractivity contribution is 6.06. The zero-order valence-electron chi connectivity index (χ0n) is 18.3. The van der Waals surface area contributed by atoms with E-state index in [0.29, 0.717) is 22.4 Å². The Morgan fingerprint density at radius 2 is 1.91 bits per heavy atom.